The minimum atomic E-state index is 1.14. The van der Waals surface area contributed by atoms with Crippen molar-refractivity contribution < 1.29 is 0 Å². The number of benzene rings is 14. The molecule has 0 amide bonds. The monoisotopic (exact) mass is 1500 g/mol. The third-order valence-electron chi connectivity index (χ3n) is 17.2. The van der Waals surface area contributed by atoms with Crippen molar-refractivity contribution in [2.45, 2.75) is 0 Å². The third-order valence-corrected chi connectivity index (χ3v) is 23.9. The molecule has 0 atom stereocenters. The lowest BCUT2D eigenvalue weighted by molar-refractivity contribution is 1.48. The standard InChI is InChI=1S/C78H46I3N3S3/c79-82(55-36-31-47-15-4-5-18-49(47)41-55)69-26-12-25-64-61-39-33-51(46-75(61)87-76(64)69)50-32-37-57(53-35-40-68(66(43-53)48-16-2-1-3-17-48)83(80)70-27-13-23-62-59-21-8-10-29-73(59)85-77(62)70)65(42-50)54-34-38-58-67(44-54)56-20-7-6-19-52(56)45-72(58)84(81)71-28-14-24-63-60-22-9-11-30-74(60)86-78(63)71/h1-46H. The van der Waals surface area contributed by atoms with Gasteiger partial charge in [0, 0.05) is 57.4 Å². The fraction of sp³-hybridized carbons (Fsp3) is 0. The summed E-state index contributed by atoms with van der Waals surface area (Å²) < 4.78 is 14.8. The van der Waals surface area contributed by atoms with Crippen LogP contribution in [0.3, 0.4) is 0 Å². The molecule has 0 saturated heterocycles. The van der Waals surface area contributed by atoms with Crippen LogP contribution in [0, 0.1) is 0 Å². The Morgan fingerprint density at radius 3 is 1.41 bits per heavy atom. The number of nitrogens with zero attached hydrogens (tertiary/aromatic N) is 3. The Hall–Kier alpha value is -7.89. The van der Waals surface area contributed by atoms with Gasteiger partial charge in [0.1, 0.15) is 0 Å². The molecule has 0 N–H and O–H groups in total. The van der Waals surface area contributed by atoms with E-state index in [1.165, 1.54) is 143 Å². The number of thiophene rings is 3. The average Bonchev–Trinajstić information content (AvgIpc) is 2.00. The minimum absolute atomic E-state index is 1.14. The van der Waals surface area contributed by atoms with Gasteiger partial charge in [-0.1, -0.05) is 200 Å². The van der Waals surface area contributed by atoms with Crippen molar-refractivity contribution in [2.24, 2.45) is 0 Å². The Bertz CT molecular complexity index is 5630. The van der Waals surface area contributed by atoms with E-state index in [1.807, 2.05) is 34.0 Å². The molecule has 0 aliphatic heterocycles. The Kier molecular flexibility index (Phi) is 13.3. The molecule has 3 aromatic heterocycles. The van der Waals surface area contributed by atoms with Crippen LogP contribution in [0.2, 0.25) is 0 Å². The van der Waals surface area contributed by atoms with Gasteiger partial charge in [0.15, 0.2) is 0 Å². The van der Waals surface area contributed by atoms with E-state index in [4.69, 9.17) is 0 Å². The Morgan fingerprint density at radius 1 is 0.218 bits per heavy atom. The van der Waals surface area contributed by atoms with Gasteiger partial charge in [-0.2, -0.15) is 0 Å². The molecule has 0 unspecified atom stereocenters. The fourth-order valence-electron chi connectivity index (χ4n) is 12.9. The maximum absolute atomic E-state index is 2.55. The van der Waals surface area contributed by atoms with Crippen LogP contribution in [0.4, 0.5) is 34.1 Å². The molecule has 9 heteroatoms. The van der Waals surface area contributed by atoms with Gasteiger partial charge >= 0.3 is 0 Å². The predicted octanol–water partition coefficient (Wildman–Crippen LogP) is 26.4. The molecule has 0 radical (unpaired) electrons. The van der Waals surface area contributed by atoms with Crippen molar-refractivity contribution in [3.05, 3.63) is 279 Å². The highest BCUT2D eigenvalue weighted by molar-refractivity contribution is 14.1. The molecular formula is C78H46I3N3S3. The predicted molar refractivity (Wildman–Crippen MR) is 407 cm³/mol. The van der Waals surface area contributed by atoms with E-state index in [2.05, 4.69) is 357 Å². The summed E-state index contributed by atoms with van der Waals surface area (Å²) >= 11 is 13.2. The average molecular weight is 1500 g/mol. The fourth-order valence-corrected chi connectivity index (χ4v) is 19.4. The summed E-state index contributed by atoms with van der Waals surface area (Å²) in [4.78, 5) is 0. The van der Waals surface area contributed by atoms with Crippen molar-refractivity contribution >= 4 is 230 Å². The molecule has 0 saturated carbocycles. The maximum atomic E-state index is 2.55. The van der Waals surface area contributed by atoms with E-state index in [0.717, 1.165) is 28.2 Å². The second-order valence-electron chi connectivity index (χ2n) is 22.1. The van der Waals surface area contributed by atoms with Gasteiger partial charge in [-0.3, -0.25) is 9.34 Å². The van der Waals surface area contributed by atoms with Crippen LogP contribution < -0.4 is 9.34 Å². The summed E-state index contributed by atoms with van der Waals surface area (Å²) in [6, 6.07) is 104. The molecule has 0 fully saturated rings. The van der Waals surface area contributed by atoms with Gasteiger partial charge in [-0.05, 0) is 145 Å². The molecule has 17 rings (SSSR count). The van der Waals surface area contributed by atoms with Crippen molar-refractivity contribution in [3.63, 3.8) is 0 Å². The summed E-state index contributed by atoms with van der Waals surface area (Å²) in [5.41, 5.74) is 16.4. The van der Waals surface area contributed by atoms with E-state index in [-0.39, 0.29) is 0 Å². The Labute approximate surface area is 556 Å². The lowest BCUT2D eigenvalue weighted by atomic mass is 9.88. The second-order valence-corrected chi connectivity index (χ2v) is 28.1. The summed E-state index contributed by atoms with van der Waals surface area (Å²) in [5.74, 6) is 0. The van der Waals surface area contributed by atoms with Crippen molar-refractivity contribution in [3.8, 4) is 44.5 Å². The van der Waals surface area contributed by atoms with E-state index in [1.54, 1.807) is 0 Å². The number of hydrogen-bond acceptors (Lipinski definition) is 6. The van der Waals surface area contributed by atoms with Crippen LogP contribution in [0.15, 0.2) is 279 Å². The SMILES string of the molecule is IN(c1ccc2ccccc2c1)c1cccc2c1sc1cc(-c3ccc(-c4ccc(N(I)c5cccc6c5sc5ccccc56)c(-c5ccccc5)c4)c(-c4ccc5c(N(I)c6cccc7c6sc6ccccc67)cc6ccccc6c5c4)c3)ccc12. The topological polar surface area (TPSA) is 9.72 Å². The zero-order valence-corrected chi connectivity index (χ0v) is 55.2. The third kappa shape index (κ3) is 9.09. The molecule has 17 aromatic rings. The second kappa shape index (κ2) is 21.8. The Morgan fingerprint density at radius 2 is 0.713 bits per heavy atom. The summed E-state index contributed by atoms with van der Waals surface area (Å²) in [5, 5.41) is 15.1. The van der Waals surface area contributed by atoms with E-state index in [0.29, 0.717) is 0 Å². The lowest BCUT2D eigenvalue weighted by Gasteiger charge is -2.23. The highest BCUT2D eigenvalue weighted by atomic mass is 127. The first-order valence-electron chi connectivity index (χ1n) is 28.8. The van der Waals surface area contributed by atoms with E-state index in [9.17, 15) is 0 Å². The molecule has 0 aliphatic carbocycles. The maximum Gasteiger partial charge on any atom is 0.0689 e. The molecular weight excluding hydrogens is 1460 g/mol. The molecule has 14 aromatic carbocycles. The molecule has 3 heterocycles. The molecule has 0 spiro atoms. The number of anilines is 6. The number of rotatable bonds is 10. The van der Waals surface area contributed by atoms with Crippen LogP contribution in [0.1, 0.15) is 0 Å². The van der Waals surface area contributed by atoms with E-state index < -0.39 is 0 Å². The van der Waals surface area contributed by atoms with Gasteiger partial charge in [-0.15, -0.1) is 34.0 Å². The van der Waals surface area contributed by atoms with Gasteiger partial charge in [0.2, 0.25) is 0 Å². The first kappa shape index (κ1) is 53.4. The quantitative estimate of drug-likeness (QED) is 0.0768. The largest absolute Gasteiger partial charge is 0.282 e. The first-order valence-corrected chi connectivity index (χ1v) is 34.1. The highest BCUT2D eigenvalue weighted by Crippen LogP contribution is 2.51. The minimum Gasteiger partial charge on any atom is -0.282 e. The first-order chi connectivity index (χ1) is 42.9. The molecule has 412 valence electrons. The highest BCUT2D eigenvalue weighted by Gasteiger charge is 2.23. The van der Waals surface area contributed by atoms with E-state index >= 15 is 0 Å². The number of halogens is 3. The van der Waals surface area contributed by atoms with Crippen LogP contribution in [-0.4, -0.2) is 0 Å². The van der Waals surface area contributed by atoms with Crippen molar-refractivity contribution in [1.29, 1.82) is 0 Å². The summed E-state index contributed by atoms with van der Waals surface area (Å²) in [6.45, 7) is 0. The van der Waals surface area contributed by atoms with Crippen molar-refractivity contribution in [1.82, 2.24) is 0 Å². The molecule has 0 bridgehead atoms. The normalized spacial score (nSPS) is 11.9. The van der Waals surface area contributed by atoms with Gasteiger partial charge in [0.05, 0.1) is 117 Å². The van der Waals surface area contributed by atoms with Crippen LogP contribution >= 0.6 is 103 Å². The molecule has 0 aliphatic rings. The van der Waals surface area contributed by atoms with Crippen LogP contribution in [0.5, 0.6) is 0 Å². The van der Waals surface area contributed by atoms with Gasteiger partial charge in [-0.25, -0.2) is 0 Å². The van der Waals surface area contributed by atoms with Crippen LogP contribution in [-0.2, 0) is 0 Å². The zero-order valence-electron chi connectivity index (χ0n) is 46.3. The molecule has 87 heavy (non-hydrogen) atoms. The lowest BCUT2D eigenvalue weighted by Crippen LogP contribution is -2.03. The number of hydrogen-bond donors (Lipinski definition) is 0. The van der Waals surface area contributed by atoms with Crippen LogP contribution in [0.25, 0.3) is 137 Å². The van der Waals surface area contributed by atoms with Crippen molar-refractivity contribution in [2.75, 3.05) is 9.34 Å². The zero-order chi connectivity index (χ0) is 57.9. The number of fused-ring (bicyclic) bond motifs is 13. The summed E-state index contributed by atoms with van der Waals surface area (Å²) in [7, 11) is 0. The van der Waals surface area contributed by atoms with Gasteiger partial charge in [0.25, 0.3) is 0 Å². The summed E-state index contributed by atoms with van der Waals surface area (Å²) in [6.07, 6.45) is 0. The Balaban J connectivity index is 0.838. The molecule has 3 nitrogen and oxygen atoms in total. The smallest absolute Gasteiger partial charge is 0.0689 e. The van der Waals surface area contributed by atoms with Gasteiger partial charge < -0.3 is 0 Å².